The van der Waals surface area contributed by atoms with Gasteiger partial charge in [-0.15, -0.1) is 0 Å². The molecule has 0 saturated heterocycles. The predicted octanol–water partition coefficient (Wildman–Crippen LogP) is 7.77. The van der Waals surface area contributed by atoms with E-state index in [4.69, 9.17) is 9.47 Å². The molecule has 0 amide bonds. The Labute approximate surface area is 206 Å². The predicted molar refractivity (Wildman–Crippen MR) is 141 cm³/mol. The number of carbonyl (C=O) groups is 2. The zero-order valence-electron chi connectivity index (χ0n) is 20.8. The Morgan fingerprint density at radius 3 is 2.03 bits per heavy atom. The molecule has 4 heteroatoms. The van der Waals surface area contributed by atoms with Crippen molar-refractivity contribution >= 4 is 18.0 Å². The fourth-order valence-electron chi connectivity index (χ4n) is 3.09. The summed E-state index contributed by atoms with van der Waals surface area (Å²) in [5.41, 5.74) is 0.942. The van der Waals surface area contributed by atoms with Crippen LogP contribution in [0, 0.1) is 0 Å². The van der Waals surface area contributed by atoms with Gasteiger partial charge in [0.25, 0.3) is 0 Å². The minimum atomic E-state index is -0.395. The van der Waals surface area contributed by atoms with E-state index in [1.54, 1.807) is 6.08 Å². The first kappa shape index (κ1) is 29.2. The molecule has 0 aliphatic rings. The molecule has 1 aromatic carbocycles. The molecule has 0 spiro atoms. The number of benzene rings is 1. The van der Waals surface area contributed by atoms with Crippen LogP contribution >= 0.6 is 0 Å². The Morgan fingerprint density at radius 1 is 0.735 bits per heavy atom. The summed E-state index contributed by atoms with van der Waals surface area (Å²) in [5, 5.41) is 0. The van der Waals surface area contributed by atoms with Gasteiger partial charge >= 0.3 is 11.9 Å². The largest absolute Gasteiger partial charge is 0.466 e. The normalized spacial score (nSPS) is 11.8. The second-order valence-electron chi connectivity index (χ2n) is 8.11. The van der Waals surface area contributed by atoms with Crippen LogP contribution in [0.4, 0.5) is 0 Å². The number of ether oxygens (including phenoxy) is 2. The zero-order valence-corrected chi connectivity index (χ0v) is 20.8. The summed E-state index contributed by atoms with van der Waals surface area (Å²) in [5.74, 6) is -0.585. The van der Waals surface area contributed by atoms with Gasteiger partial charge in [0.2, 0.25) is 0 Å². The molecule has 0 fully saturated rings. The summed E-state index contributed by atoms with van der Waals surface area (Å²) in [6, 6.07) is 9.56. The Hall–Kier alpha value is -2.88. The molecule has 0 heterocycles. The van der Waals surface area contributed by atoms with Gasteiger partial charge in [-0.25, -0.2) is 4.79 Å². The van der Waals surface area contributed by atoms with E-state index >= 15 is 0 Å². The van der Waals surface area contributed by atoms with Gasteiger partial charge in [-0.2, -0.15) is 0 Å². The molecule has 1 rings (SSSR count). The van der Waals surface area contributed by atoms with E-state index in [0.717, 1.165) is 37.7 Å². The summed E-state index contributed by atoms with van der Waals surface area (Å²) in [6.45, 7) is 2.74. The SMILES string of the molecule is CCCCCC=CCC=CCC=CCCCCC(=O)OCCCOC(=O)C=Cc1ccccc1. The van der Waals surface area contributed by atoms with Gasteiger partial charge in [-0.05, 0) is 56.6 Å². The quantitative estimate of drug-likeness (QED) is 0.0904. The fraction of sp³-hybridized carbons (Fsp3) is 0.467. The molecule has 186 valence electrons. The second-order valence-corrected chi connectivity index (χ2v) is 8.11. The maximum Gasteiger partial charge on any atom is 0.330 e. The lowest BCUT2D eigenvalue weighted by atomic mass is 10.1. The summed E-state index contributed by atoms with van der Waals surface area (Å²) in [6.07, 6.45) is 27.1. The maximum atomic E-state index is 11.8. The number of carbonyl (C=O) groups excluding carboxylic acids is 2. The summed E-state index contributed by atoms with van der Waals surface area (Å²) < 4.78 is 10.3. The average Bonchev–Trinajstić information content (AvgIpc) is 2.85. The second kappa shape index (κ2) is 21.9. The molecule has 0 aliphatic carbocycles. The molecule has 0 saturated carbocycles. The molecule has 0 unspecified atom stereocenters. The van der Waals surface area contributed by atoms with Gasteiger partial charge in [-0.3, -0.25) is 4.79 Å². The highest BCUT2D eigenvalue weighted by Crippen LogP contribution is 2.05. The Kier molecular flexibility index (Phi) is 18.8. The van der Waals surface area contributed by atoms with Gasteiger partial charge in [-0.1, -0.05) is 86.6 Å². The third-order valence-electron chi connectivity index (χ3n) is 5.03. The van der Waals surface area contributed by atoms with Crippen LogP contribution in [0.15, 0.2) is 72.9 Å². The number of allylic oxidation sites excluding steroid dienone is 6. The van der Waals surface area contributed by atoms with Crippen LogP contribution in [0.2, 0.25) is 0 Å². The molecule has 0 aliphatic heterocycles. The Bertz CT molecular complexity index is 759. The van der Waals surface area contributed by atoms with Gasteiger partial charge in [0.1, 0.15) is 0 Å². The van der Waals surface area contributed by atoms with Gasteiger partial charge in [0.15, 0.2) is 0 Å². The number of esters is 2. The molecule has 0 atom stereocenters. The van der Waals surface area contributed by atoms with Crippen molar-refractivity contribution in [1.82, 2.24) is 0 Å². The van der Waals surface area contributed by atoms with Gasteiger partial charge < -0.3 is 9.47 Å². The number of hydrogen-bond donors (Lipinski definition) is 0. The van der Waals surface area contributed by atoms with Gasteiger partial charge in [0.05, 0.1) is 13.2 Å². The van der Waals surface area contributed by atoms with Crippen molar-refractivity contribution in [1.29, 1.82) is 0 Å². The average molecular weight is 467 g/mol. The molecule has 1 aromatic rings. The lowest BCUT2D eigenvalue weighted by molar-refractivity contribution is -0.144. The molecular weight excluding hydrogens is 424 g/mol. The molecule has 0 radical (unpaired) electrons. The molecule has 0 N–H and O–H groups in total. The minimum absolute atomic E-state index is 0.190. The van der Waals surface area contributed by atoms with Crippen LogP contribution < -0.4 is 0 Å². The van der Waals surface area contributed by atoms with Crippen LogP contribution in [-0.2, 0) is 19.1 Å². The van der Waals surface area contributed by atoms with Crippen molar-refractivity contribution in [2.45, 2.75) is 77.6 Å². The molecule has 0 bridgehead atoms. The number of hydrogen-bond acceptors (Lipinski definition) is 4. The van der Waals surface area contributed by atoms with Crippen LogP contribution in [0.1, 0.15) is 83.1 Å². The van der Waals surface area contributed by atoms with Crippen molar-refractivity contribution in [2.75, 3.05) is 13.2 Å². The van der Waals surface area contributed by atoms with Crippen LogP contribution in [0.3, 0.4) is 0 Å². The monoisotopic (exact) mass is 466 g/mol. The topological polar surface area (TPSA) is 52.6 Å². The first-order chi connectivity index (χ1) is 16.7. The third kappa shape index (κ3) is 18.7. The molecule has 4 nitrogen and oxygen atoms in total. The van der Waals surface area contributed by atoms with E-state index in [9.17, 15) is 9.59 Å². The summed E-state index contributed by atoms with van der Waals surface area (Å²) in [7, 11) is 0. The summed E-state index contributed by atoms with van der Waals surface area (Å²) >= 11 is 0. The van der Waals surface area contributed by atoms with Gasteiger partial charge in [0, 0.05) is 18.9 Å². The molecular formula is C30H42O4. The van der Waals surface area contributed by atoms with Crippen LogP contribution in [-0.4, -0.2) is 25.2 Å². The van der Waals surface area contributed by atoms with Crippen molar-refractivity contribution in [3.8, 4) is 0 Å². The van der Waals surface area contributed by atoms with Crippen molar-refractivity contribution < 1.29 is 19.1 Å². The van der Waals surface area contributed by atoms with Crippen molar-refractivity contribution in [3.63, 3.8) is 0 Å². The van der Waals surface area contributed by atoms with Crippen molar-refractivity contribution in [3.05, 3.63) is 78.4 Å². The highest BCUT2D eigenvalue weighted by Gasteiger charge is 2.03. The van der Waals surface area contributed by atoms with E-state index in [1.165, 1.54) is 31.8 Å². The van der Waals surface area contributed by atoms with E-state index in [1.807, 2.05) is 30.3 Å². The van der Waals surface area contributed by atoms with E-state index in [2.05, 4.69) is 43.4 Å². The zero-order chi connectivity index (χ0) is 24.5. The Balaban J connectivity index is 1.91. The van der Waals surface area contributed by atoms with E-state index in [0.29, 0.717) is 12.8 Å². The van der Waals surface area contributed by atoms with E-state index < -0.39 is 5.97 Å². The lowest BCUT2D eigenvalue weighted by Crippen LogP contribution is -2.09. The highest BCUT2D eigenvalue weighted by molar-refractivity contribution is 5.87. The first-order valence-corrected chi connectivity index (χ1v) is 12.7. The fourth-order valence-corrected chi connectivity index (χ4v) is 3.09. The van der Waals surface area contributed by atoms with Crippen LogP contribution in [0.25, 0.3) is 6.08 Å². The smallest absolute Gasteiger partial charge is 0.330 e. The standard InChI is InChI=1S/C30H42O4/c1-2-3-4-5-6-7-8-9-10-11-12-13-14-15-19-23-29(31)33-26-20-27-34-30(32)25-24-28-21-17-16-18-22-28/h6-7,9-10,12-13,16-18,21-22,24-25H,2-5,8,11,14-15,19-20,23,26-27H2,1H3. The Morgan fingerprint density at radius 2 is 1.35 bits per heavy atom. The highest BCUT2D eigenvalue weighted by atomic mass is 16.5. The van der Waals surface area contributed by atoms with Crippen molar-refractivity contribution in [2.24, 2.45) is 0 Å². The lowest BCUT2D eigenvalue weighted by Gasteiger charge is -2.05. The third-order valence-corrected chi connectivity index (χ3v) is 5.03. The maximum absolute atomic E-state index is 11.8. The first-order valence-electron chi connectivity index (χ1n) is 12.7. The number of rotatable bonds is 19. The van der Waals surface area contributed by atoms with Crippen LogP contribution in [0.5, 0.6) is 0 Å². The molecule has 34 heavy (non-hydrogen) atoms. The van der Waals surface area contributed by atoms with E-state index in [-0.39, 0.29) is 19.2 Å². The minimum Gasteiger partial charge on any atom is -0.466 e. The number of unbranched alkanes of at least 4 members (excludes halogenated alkanes) is 5. The summed E-state index contributed by atoms with van der Waals surface area (Å²) in [4.78, 5) is 23.4. The molecule has 0 aromatic heterocycles.